The molecule has 0 bridgehead atoms. The second-order valence-electron chi connectivity index (χ2n) is 3.96. The lowest BCUT2D eigenvalue weighted by molar-refractivity contribution is -0.132. The van der Waals surface area contributed by atoms with Gasteiger partial charge in [0.2, 0.25) is 0 Å². The molecule has 0 saturated carbocycles. The Morgan fingerprint density at radius 3 is 2.61 bits per heavy atom. The Morgan fingerprint density at radius 2 is 2.06 bits per heavy atom. The molecule has 5 nitrogen and oxygen atoms in total. The zero-order valence-electron chi connectivity index (χ0n) is 11.3. The van der Waals surface area contributed by atoms with E-state index in [1.54, 1.807) is 11.0 Å². The molecule has 0 aliphatic carbocycles. The maximum atomic E-state index is 11.8. The number of carbonyl (C=O) groups excluding carboxylic acids is 1. The average molecular weight is 251 g/mol. The summed E-state index contributed by atoms with van der Waals surface area (Å²) in [6.07, 6.45) is 0. The molecule has 0 spiro atoms. The summed E-state index contributed by atoms with van der Waals surface area (Å²) in [6.45, 7) is 7.49. The molecule has 1 amide bonds. The first-order chi connectivity index (χ1) is 8.62. The van der Waals surface area contributed by atoms with Gasteiger partial charge in [0.15, 0.2) is 6.61 Å². The fourth-order valence-electron chi connectivity index (χ4n) is 1.68. The van der Waals surface area contributed by atoms with Crippen molar-refractivity contribution < 1.29 is 9.53 Å². The largest absolute Gasteiger partial charge is 0.482 e. The van der Waals surface area contributed by atoms with Gasteiger partial charge < -0.3 is 15.4 Å². The number of likely N-dealkylation sites (N-methyl/N-ethyl adjacent to an activating group) is 1. The van der Waals surface area contributed by atoms with Gasteiger partial charge in [-0.2, -0.15) is 0 Å². The summed E-state index contributed by atoms with van der Waals surface area (Å²) >= 11 is 0. The van der Waals surface area contributed by atoms with Crippen LogP contribution in [0.25, 0.3) is 0 Å². The van der Waals surface area contributed by atoms with Crippen LogP contribution < -0.4 is 10.5 Å². The monoisotopic (exact) mass is 251 g/mol. The number of aryl methyl sites for hydroxylation is 1. The van der Waals surface area contributed by atoms with Crippen LogP contribution in [0.4, 0.5) is 0 Å². The van der Waals surface area contributed by atoms with E-state index in [2.05, 4.69) is 4.98 Å². The number of rotatable bonds is 6. The molecule has 2 N–H and O–H groups in total. The lowest BCUT2D eigenvalue weighted by Crippen LogP contribution is -2.34. The van der Waals surface area contributed by atoms with Gasteiger partial charge in [0.25, 0.3) is 5.91 Å². The number of nitrogens with two attached hydrogens (primary N) is 1. The van der Waals surface area contributed by atoms with Crippen LogP contribution in [-0.4, -0.2) is 35.5 Å². The maximum absolute atomic E-state index is 11.8. The predicted octanol–water partition coefficient (Wildman–Crippen LogP) is 1.10. The molecule has 1 aromatic heterocycles. The summed E-state index contributed by atoms with van der Waals surface area (Å²) in [5.74, 6) is 0.562. The fourth-order valence-corrected chi connectivity index (χ4v) is 1.68. The molecule has 1 heterocycles. The first-order valence-electron chi connectivity index (χ1n) is 6.19. The number of nitrogens with zero attached hydrogens (tertiary/aromatic N) is 2. The highest BCUT2D eigenvalue weighted by atomic mass is 16.5. The summed E-state index contributed by atoms with van der Waals surface area (Å²) in [4.78, 5) is 17.8. The van der Waals surface area contributed by atoms with Crippen LogP contribution in [0.15, 0.2) is 12.1 Å². The van der Waals surface area contributed by atoms with Gasteiger partial charge in [-0.15, -0.1) is 0 Å². The molecule has 0 atom stereocenters. The first-order valence-corrected chi connectivity index (χ1v) is 6.19. The van der Waals surface area contributed by atoms with Crippen molar-refractivity contribution in [2.24, 2.45) is 5.73 Å². The van der Waals surface area contributed by atoms with Crippen molar-refractivity contribution in [1.29, 1.82) is 0 Å². The van der Waals surface area contributed by atoms with Gasteiger partial charge in [0.05, 0.1) is 5.69 Å². The third-order valence-electron chi connectivity index (χ3n) is 2.73. The van der Waals surface area contributed by atoms with Crippen LogP contribution in [0.1, 0.15) is 25.2 Å². The van der Waals surface area contributed by atoms with Gasteiger partial charge in [-0.1, -0.05) is 0 Å². The topological polar surface area (TPSA) is 68.5 Å². The van der Waals surface area contributed by atoms with E-state index in [1.807, 2.05) is 26.8 Å². The van der Waals surface area contributed by atoms with Crippen LogP contribution in [0, 0.1) is 6.92 Å². The van der Waals surface area contributed by atoms with E-state index in [1.165, 1.54) is 0 Å². The summed E-state index contributed by atoms with van der Waals surface area (Å²) in [7, 11) is 0. The highest BCUT2D eigenvalue weighted by molar-refractivity contribution is 5.77. The molecule has 0 aliphatic heterocycles. The fraction of sp³-hybridized carbons (Fsp3) is 0.538. The second kappa shape index (κ2) is 6.96. The maximum Gasteiger partial charge on any atom is 0.260 e. The number of amides is 1. The van der Waals surface area contributed by atoms with E-state index in [-0.39, 0.29) is 12.5 Å². The summed E-state index contributed by atoms with van der Waals surface area (Å²) < 4.78 is 5.50. The second-order valence-corrected chi connectivity index (χ2v) is 3.96. The van der Waals surface area contributed by atoms with Crippen molar-refractivity contribution in [2.45, 2.75) is 27.3 Å². The minimum atomic E-state index is -0.0245. The highest BCUT2D eigenvalue weighted by Crippen LogP contribution is 2.16. The van der Waals surface area contributed by atoms with E-state index in [9.17, 15) is 4.79 Å². The Bertz CT molecular complexity index is 403. The van der Waals surface area contributed by atoms with Crippen LogP contribution in [0.3, 0.4) is 0 Å². The van der Waals surface area contributed by atoms with Crippen molar-refractivity contribution in [3.8, 4) is 5.75 Å². The molecule has 1 aromatic rings. The van der Waals surface area contributed by atoms with Gasteiger partial charge in [0.1, 0.15) is 5.75 Å². The zero-order valence-corrected chi connectivity index (χ0v) is 11.3. The molecule has 1 rings (SSSR count). The van der Waals surface area contributed by atoms with Crippen LogP contribution >= 0.6 is 0 Å². The standard InChI is InChI=1S/C13H21N3O2/c1-4-16(5-2)13(17)9-18-12-7-6-10(3)15-11(12)8-14/h6-7H,4-5,8-9,14H2,1-3H3. The van der Waals surface area contributed by atoms with E-state index in [4.69, 9.17) is 10.5 Å². The van der Waals surface area contributed by atoms with Crippen molar-refractivity contribution >= 4 is 5.91 Å². The number of aromatic nitrogens is 1. The Labute approximate surface area is 108 Å². The molecule has 0 aromatic carbocycles. The van der Waals surface area contributed by atoms with Crippen LogP contribution in [-0.2, 0) is 11.3 Å². The Hall–Kier alpha value is -1.62. The zero-order chi connectivity index (χ0) is 13.5. The van der Waals surface area contributed by atoms with E-state index in [0.717, 1.165) is 5.69 Å². The Kier molecular flexibility index (Phi) is 5.58. The third kappa shape index (κ3) is 3.70. The Balaban J connectivity index is 2.66. The normalized spacial score (nSPS) is 10.2. The SMILES string of the molecule is CCN(CC)C(=O)COc1ccc(C)nc1CN. The number of carbonyl (C=O) groups is 1. The van der Waals surface area contributed by atoms with Crippen molar-refractivity contribution in [2.75, 3.05) is 19.7 Å². The Morgan fingerprint density at radius 1 is 1.39 bits per heavy atom. The lowest BCUT2D eigenvalue weighted by atomic mass is 10.3. The molecule has 0 radical (unpaired) electrons. The minimum absolute atomic E-state index is 0.0245. The summed E-state index contributed by atoms with van der Waals surface area (Å²) in [5, 5.41) is 0. The van der Waals surface area contributed by atoms with Crippen molar-refractivity contribution in [1.82, 2.24) is 9.88 Å². The van der Waals surface area contributed by atoms with Gasteiger partial charge in [-0.05, 0) is 32.9 Å². The smallest absolute Gasteiger partial charge is 0.260 e. The average Bonchev–Trinajstić information content (AvgIpc) is 2.38. The molecular weight excluding hydrogens is 230 g/mol. The van der Waals surface area contributed by atoms with Crippen LogP contribution in [0.5, 0.6) is 5.75 Å². The predicted molar refractivity (Wildman–Crippen MR) is 70.3 cm³/mol. The number of ether oxygens (including phenoxy) is 1. The van der Waals surface area contributed by atoms with Crippen molar-refractivity contribution in [3.63, 3.8) is 0 Å². The summed E-state index contributed by atoms with van der Waals surface area (Å²) in [5.41, 5.74) is 7.17. The first kappa shape index (κ1) is 14.4. The van der Waals surface area contributed by atoms with Gasteiger partial charge in [0, 0.05) is 25.3 Å². The molecule has 18 heavy (non-hydrogen) atoms. The molecule has 0 aliphatic rings. The van der Waals surface area contributed by atoms with Crippen molar-refractivity contribution in [3.05, 3.63) is 23.5 Å². The molecule has 5 heteroatoms. The number of hydrogen-bond donors (Lipinski definition) is 1. The molecule has 100 valence electrons. The minimum Gasteiger partial charge on any atom is -0.482 e. The lowest BCUT2D eigenvalue weighted by Gasteiger charge is -2.19. The highest BCUT2D eigenvalue weighted by Gasteiger charge is 2.12. The molecular formula is C13H21N3O2. The number of pyridine rings is 1. The number of hydrogen-bond acceptors (Lipinski definition) is 4. The quantitative estimate of drug-likeness (QED) is 0.822. The van der Waals surface area contributed by atoms with Crippen LogP contribution in [0.2, 0.25) is 0 Å². The van der Waals surface area contributed by atoms with Gasteiger partial charge in [-0.3, -0.25) is 9.78 Å². The van der Waals surface area contributed by atoms with Gasteiger partial charge >= 0.3 is 0 Å². The molecule has 0 saturated heterocycles. The van der Waals surface area contributed by atoms with E-state index < -0.39 is 0 Å². The van der Waals surface area contributed by atoms with E-state index in [0.29, 0.717) is 31.1 Å². The third-order valence-corrected chi connectivity index (χ3v) is 2.73. The van der Waals surface area contributed by atoms with Gasteiger partial charge in [-0.25, -0.2) is 0 Å². The van der Waals surface area contributed by atoms with E-state index >= 15 is 0 Å². The summed E-state index contributed by atoms with van der Waals surface area (Å²) in [6, 6.07) is 3.65. The molecule has 0 unspecified atom stereocenters. The molecule has 0 fully saturated rings.